The number of carbonyl (C=O) groups excluding carboxylic acids is 2. The van der Waals surface area contributed by atoms with Gasteiger partial charge in [-0.2, -0.15) is 13.2 Å². The third-order valence-electron chi connectivity index (χ3n) is 5.76. The van der Waals surface area contributed by atoms with Crippen LogP contribution in [-0.2, 0) is 27.1 Å². The number of H-pyrrole nitrogens is 1. The summed E-state index contributed by atoms with van der Waals surface area (Å²) in [6.07, 6.45) is -2.78. The van der Waals surface area contributed by atoms with Crippen molar-refractivity contribution in [3.63, 3.8) is 0 Å². The van der Waals surface area contributed by atoms with Gasteiger partial charge in [0, 0.05) is 19.3 Å². The number of ether oxygens (including phenoxy) is 2. The Morgan fingerprint density at radius 2 is 1.91 bits per heavy atom. The fourth-order valence-corrected chi connectivity index (χ4v) is 3.84. The van der Waals surface area contributed by atoms with E-state index in [0.717, 1.165) is 12.3 Å². The van der Waals surface area contributed by atoms with E-state index in [4.69, 9.17) is 4.74 Å². The van der Waals surface area contributed by atoms with Crippen molar-refractivity contribution in [1.82, 2.24) is 15.0 Å². The van der Waals surface area contributed by atoms with Crippen LogP contribution in [0.4, 0.5) is 19.0 Å². The summed E-state index contributed by atoms with van der Waals surface area (Å²) in [7, 11) is 1.24. The zero-order valence-corrected chi connectivity index (χ0v) is 18.6. The third-order valence-corrected chi connectivity index (χ3v) is 5.76. The van der Waals surface area contributed by atoms with Gasteiger partial charge in [0.25, 0.3) is 5.56 Å². The SMILES string of the molecule is COC(=O)c1ccc2c(=O)[nH]c(COC(=O)C3CCN(c4ccc(C(F)(F)F)cn4)CC3)nc2c1. The summed E-state index contributed by atoms with van der Waals surface area (Å²) < 4.78 is 48.2. The molecule has 0 unspecified atom stereocenters. The summed E-state index contributed by atoms with van der Waals surface area (Å²) in [5.74, 6) is -0.895. The minimum atomic E-state index is -4.45. The summed E-state index contributed by atoms with van der Waals surface area (Å²) in [6, 6.07) is 6.63. The van der Waals surface area contributed by atoms with E-state index in [1.165, 1.54) is 31.4 Å². The number of carbonyl (C=O) groups is 2. The number of nitrogens with one attached hydrogen (secondary N) is 1. The molecule has 4 rings (SSSR count). The van der Waals surface area contributed by atoms with E-state index in [1.54, 1.807) is 0 Å². The third kappa shape index (κ3) is 5.42. The predicted octanol–water partition coefficient (Wildman–Crippen LogP) is 3.08. The van der Waals surface area contributed by atoms with Crippen molar-refractivity contribution in [3.8, 4) is 0 Å². The lowest BCUT2D eigenvalue weighted by Gasteiger charge is -2.31. The molecule has 1 aliphatic heterocycles. The van der Waals surface area contributed by atoms with Crippen LogP contribution in [-0.4, -0.2) is 47.1 Å². The molecule has 0 atom stereocenters. The second-order valence-corrected chi connectivity index (χ2v) is 8.01. The van der Waals surface area contributed by atoms with Crippen LogP contribution in [0.2, 0.25) is 0 Å². The predicted molar refractivity (Wildman–Crippen MR) is 118 cm³/mol. The van der Waals surface area contributed by atoms with Gasteiger partial charge in [0.2, 0.25) is 0 Å². The van der Waals surface area contributed by atoms with Crippen LogP contribution >= 0.6 is 0 Å². The standard InChI is InChI=1S/C23H21F3N4O5/c1-34-21(32)14-2-4-16-17(10-14)28-18(29-20(16)31)12-35-22(33)13-6-8-30(9-7-13)19-5-3-15(11-27-19)23(24,25)26/h2-5,10-11,13H,6-9,12H2,1H3,(H,28,29,31). The molecule has 9 nitrogen and oxygen atoms in total. The fourth-order valence-electron chi connectivity index (χ4n) is 3.84. The van der Waals surface area contributed by atoms with Crippen LogP contribution in [0.15, 0.2) is 41.3 Å². The number of piperidine rings is 1. The molecule has 3 aromatic rings. The molecule has 1 N–H and O–H groups in total. The van der Waals surface area contributed by atoms with Crippen LogP contribution in [0, 0.1) is 5.92 Å². The lowest BCUT2D eigenvalue weighted by atomic mass is 9.97. The average Bonchev–Trinajstić information content (AvgIpc) is 2.86. The highest BCUT2D eigenvalue weighted by molar-refractivity contribution is 5.93. The molecule has 1 fully saturated rings. The van der Waals surface area contributed by atoms with E-state index in [0.29, 0.717) is 31.7 Å². The Morgan fingerprint density at radius 3 is 2.54 bits per heavy atom. The molecule has 1 aliphatic rings. The zero-order valence-electron chi connectivity index (χ0n) is 18.6. The molecular weight excluding hydrogens is 469 g/mol. The van der Waals surface area contributed by atoms with Gasteiger partial charge in [-0.1, -0.05) is 0 Å². The van der Waals surface area contributed by atoms with E-state index < -0.39 is 35.2 Å². The van der Waals surface area contributed by atoms with E-state index in [2.05, 4.69) is 19.7 Å². The highest BCUT2D eigenvalue weighted by Crippen LogP contribution is 2.30. The van der Waals surface area contributed by atoms with Crippen molar-refractivity contribution >= 4 is 28.7 Å². The number of nitrogens with zero attached hydrogens (tertiary/aromatic N) is 3. The lowest BCUT2D eigenvalue weighted by Crippen LogP contribution is -2.37. The maximum atomic E-state index is 12.7. The maximum Gasteiger partial charge on any atom is 0.417 e. The summed E-state index contributed by atoms with van der Waals surface area (Å²) in [6.45, 7) is 0.603. The Bertz CT molecular complexity index is 1300. The van der Waals surface area contributed by atoms with Gasteiger partial charge in [0.15, 0.2) is 0 Å². The minimum Gasteiger partial charge on any atom is -0.465 e. The van der Waals surface area contributed by atoms with E-state index >= 15 is 0 Å². The van der Waals surface area contributed by atoms with Gasteiger partial charge >= 0.3 is 18.1 Å². The fraction of sp³-hybridized carbons (Fsp3) is 0.348. The van der Waals surface area contributed by atoms with Crippen LogP contribution in [0.3, 0.4) is 0 Å². The van der Waals surface area contributed by atoms with Crippen molar-refractivity contribution in [2.24, 2.45) is 5.92 Å². The first-order chi connectivity index (χ1) is 16.7. The van der Waals surface area contributed by atoms with Crippen molar-refractivity contribution in [1.29, 1.82) is 0 Å². The number of hydrogen-bond donors (Lipinski definition) is 1. The second kappa shape index (κ2) is 9.72. The quantitative estimate of drug-likeness (QED) is 0.543. The number of methoxy groups -OCH3 is 1. The first kappa shape index (κ1) is 24.2. The molecule has 0 amide bonds. The number of benzene rings is 1. The lowest BCUT2D eigenvalue weighted by molar-refractivity contribution is -0.150. The largest absolute Gasteiger partial charge is 0.465 e. The summed E-state index contributed by atoms with van der Waals surface area (Å²) in [4.78, 5) is 49.1. The van der Waals surface area contributed by atoms with Crippen LogP contribution in [0.25, 0.3) is 10.9 Å². The molecule has 35 heavy (non-hydrogen) atoms. The number of aromatic amines is 1. The smallest absolute Gasteiger partial charge is 0.417 e. The highest BCUT2D eigenvalue weighted by Gasteiger charge is 2.31. The van der Waals surface area contributed by atoms with Crippen molar-refractivity contribution in [2.45, 2.75) is 25.6 Å². The number of hydrogen-bond acceptors (Lipinski definition) is 8. The molecule has 12 heteroatoms. The van der Waals surface area contributed by atoms with Crippen molar-refractivity contribution < 1.29 is 32.2 Å². The molecule has 1 aromatic carbocycles. The zero-order chi connectivity index (χ0) is 25.2. The number of aromatic nitrogens is 3. The number of alkyl halides is 3. The number of anilines is 1. The van der Waals surface area contributed by atoms with Gasteiger partial charge < -0.3 is 19.4 Å². The maximum absolute atomic E-state index is 12.7. The first-order valence-corrected chi connectivity index (χ1v) is 10.7. The molecule has 1 saturated heterocycles. The Balaban J connectivity index is 1.35. The topological polar surface area (TPSA) is 114 Å². The highest BCUT2D eigenvalue weighted by atomic mass is 19.4. The van der Waals surface area contributed by atoms with E-state index in [-0.39, 0.29) is 28.9 Å². The van der Waals surface area contributed by atoms with Gasteiger partial charge in [-0.3, -0.25) is 9.59 Å². The Morgan fingerprint density at radius 1 is 1.17 bits per heavy atom. The number of rotatable bonds is 5. The molecule has 0 bridgehead atoms. The molecule has 0 radical (unpaired) electrons. The van der Waals surface area contributed by atoms with E-state index in [1.807, 2.05) is 4.90 Å². The molecule has 0 aliphatic carbocycles. The number of pyridine rings is 1. The van der Waals surface area contributed by atoms with Crippen LogP contribution in [0.5, 0.6) is 0 Å². The number of halogens is 3. The average molecular weight is 490 g/mol. The van der Waals surface area contributed by atoms with Crippen molar-refractivity contribution in [2.75, 3.05) is 25.1 Å². The molecule has 184 valence electrons. The Kier molecular flexibility index (Phi) is 6.72. The van der Waals surface area contributed by atoms with Gasteiger partial charge in [0.1, 0.15) is 18.2 Å². The van der Waals surface area contributed by atoms with Gasteiger partial charge in [-0.05, 0) is 43.2 Å². The molecule has 0 spiro atoms. The molecule has 3 heterocycles. The molecule has 2 aromatic heterocycles. The van der Waals surface area contributed by atoms with Crippen LogP contribution < -0.4 is 10.5 Å². The van der Waals surface area contributed by atoms with Crippen molar-refractivity contribution in [3.05, 3.63) is 63.8 Å². The monoisotopic (exact) mass is 490 g/mol. The van der Waals surface area contributed by atoms with Crippen LogP contribution in [0.1, 0.15) is 34.6 Å². The minimum absolute atomic E-state index is 0.129. The summed E-state index contributed by atoms with van der Waals surface area (Å²) >= 11 is 0. The Labute approximate surface area is 196 Å². The first-order valence-electron chi connectivity index (χ1n) is 10.7. The summed E-state index contributed by atoms with van der Waals surface area (Å²) in [5.41, 5.74) is -0.758. The van der Waals surface area contributed by atoms with E-state index in [9.17, 15) is 27.6 Å². The second-order valence-electron chi connectivity index (χ2n) is 8.01. The summed E-state index contributed by atoms with van der Waals surface area (Å²) in [5, 5.41) is 0.275. The number of esters is 2. The molecular formula is C23H21F3N4O5. The van der Waals surface area contributed by atoms with Gasteiger partial charge in [-0.25, -0.2) is 14.8 Å². The van der Waals surface area contributed by atoms with Gasteiger partial charge in [-0.15, -0.1) is 0 Å². The Hall–Kier alpha value is -3.96. The van der Waals surface area contributed by atoms with Gasteiger partial charge in [0.05, 0.1) is 35.1 Å². The normalized spacial score (nSPS) is 14.7. The number of fused-ring (bicyclic) bond motifs is 1. The molecule has 0 saturated carbocycles.